The van der Waals surface area contributed by atoms with Crippen LogP contribution >= 0.6 is 0 Å². The van der Waals surface area contributed by atoms with E-state index < -0.39 is 0 Å². The third-order valence-corrected chi connectivity index (χ3v) is 5.59. The lowest BCUT2D eigenvalue weighted by Crippen LogP contribution is -2.32. The van der Waals surface area contributed by atoms with Gasteiger partial charge >= 0.3 is 0 Å². The number of fused-ring (bicyclic) bond motifs is 2. The van der Waals surface area contributed by atoms with Crippen LogP contribution < -0.4 is 10.9 Å². The van der Waals surface area contributed by atoms with Crippen LogP contribution in [0.4, 0.5) is 0 Å². The van der Waals surface area contributed by atoms with Crippen LogP contribution in [0.3, 0.4) is 0 Å². The Morgan fingerprint density at radius 1 is 1.03 bits per heavy atom. The van der Waals surface area contributed by atoms with E-state index in [1.165, 1.54) is 4.68 Å². The zero-order chi connectivity index (χ0) is 22.5. The number of amides is 1. The van der Waals surface area contributed by atoms with Gasteiger partial charge in [-0.15, -0.1) is 5.10 Å². The van der Waals surface area contributed by atoms with Gasteiger partial charge in [0, 0.05) is 13.0 Å². The van der Waals surface area contributed by atoms with Gasteiger partial charge in [-0.1, -0.05) is 49.7 Å². The molecule has 2 heterocycles. The number of H-pyrrole nitrogens is 1. The molecule has 0 fully saturated rings. The molecule has 0 aliphatic rings. The molecule has 8 heteroatoms. The Hall–Kier alpha value is -3.55. The number of aromatic nitrogens is 5. The predicted molar refractivity (Wildman–Crippen MR) is 124 cm³/mol. The number of para-hydroxylation sites is 2. The Morgan fingerprint density at radius 2 is 1.78 bits per heavy atom. The first kappa shape index (κ1) is 21.7. The van der Waals surface area contributed by atoms with E-state index in [1.54, 1.807) is 12.1 Å². The summed E-state index contributed by atoms with van der Waals surface area (Å²) in [7, 11) is 0. The summed E-state index contributed by atoms with van der Waals surface area (Å²) in [5.41, 5.74) is 2.34. The lowest BCUT2D eigenvalue weighted by Gasteiger charge is -2.20. The van der Waals surface area contributed by atoms with E-state index in [0.717, 1.165) is 36.1 Å². The van der Waals surface area contributed by atoms with Crippen LogP contribution in [0, 0.1) is 5.92 Å². The number of nitrogens with zero attached hydrogens (tertiary/aromatic N) is 4. The number of nitrogens with one attached hydrogen (secondary N) is 2. The normalized spacial score (nSPS) is 12.5. The van der Waals surface area contributed by atoms with Crippen molar-refractivity contribution in [2.45, 2.75) is 52.1 Å². The number of hydrogen-bond donors (Lipinski definition) is 2. The minimum Gasteiger partial charge on any atom is -0.346 e. The Bertz CT molecular complexity index is 1240. The molecule has 2 N–H and O–H groups in total. The quantitative estimate of drug-likeness (QED) is 0.392. The number of rotatable bonds is 9. The molecule has 0 aliphatic carbocycles. The van der Waals surface area contributed by atoms with Gasteiger partial charge in [0.2, 0.25) is 5.91 Å². The van der Waals surface area contributed by atoms with Crippen LogP contribution in [0.25, 0.3) is 21.9 Å². The highest BCUT2D eigenvalue weighted by Gasteiger charge is 2.21. The van der Waals surface area contributed by atoms with Crippen molar-refractivity contribution in [3.63, 3.8) is 0 Å². The zero-order valence-corrected chi connectivity index (χ0v) is 18.4. The highest BCUT2D eigenvalue weighted by molar-refractivity contribution is 5.78. The third-order valence-electron chi connectivity index (χ3n) is 5.59. The van der Waals surface area contributed by atoms with Crippen molar-refractivity contribution < 1.29 is 4.79 Å². The number of aromatic amines is 1. The van der Waals surface area contributed by atoms with Crippen LogP contribution in [-0.4, -0.2) is 30.9 Å². The van der Waals surface area contributed by atoms with E-state index in [-0.39, 0.29) is 23.4 Å². The van der Waals surface area contributed by atoms with Gasteiger partial charge in [0.25, 0.3) is 5.56 Å². The maximum atomic E-state index is 12.5. The molecule has 166 valence electrons. The van der Waals surface area contributed by atoms with Crippen LogP contribution in [0.2, 0.25) is 0 Å². The summed E-state index contributed by atoms with van der Waals surface area (Å²) in [5.74, 6) is 0.994. The third kappa shape index (κ3) is 4.85. The molecule has 0 spiro atoms. The van der Waals surface area contributed by atoms with Gasteiger partial charge in [-0.05, 0) is 43.0 Å². The first-order chi connectivity index (χ1) is 15.5. The molecule has 1 unspecified atom stereocenters. The van der Waals surface area contributed by atoms with E-state index in [1.807, 2.05) is 36.4 Å². The molecule has 0 radical (unpaired) electrons. The van der Waals surface area contributed by atoms with E-state index in [0.29, 0.717) is 23.9 Å². The summed E-state index contributed by atoms with van der Waals surface area (Å²) >= 11 is 0. The number of aryl methyl sites for hydroxylation is 1. The maximum Gasteiger partial charge on any atom is 0.277 e. The van der Waals surface area contributed by atoms with E-state index in [4.69, 9.17) is 0 Å². The molecule has 1 atom stereocenters. The topological polar surface area (TPSA) is 106 Å². The largest absolute Gasteiger partial charge is 0.346 e. The fraction of sp³-hybridized carbons (Fsp3) is 0.375. The molecule has 0 bridgehead atoms. The lowest BCUT2D eigenvalue weighted by atomic mass is 10.0. The van der Waals surface area contributed by atoms with Gasteiger partial charge in [-0.2, -0.15) is 0 Å². The number of imidazole rings is 1. The SMILES string of the molecule is CC(C)C(NC(=O)CCCCCn1nnc2ccccc2c1=O)c1nc2ccccc2[nH]1. The number of benzene rings is 2. The average molecular weight is 433 g/mol. The van der Waals surface area contributed by atoms with Gasteiger partial charge in [-0.3, -0.25) is 9.59 Å². The van der Waals surface area contributed by atoms with E-state index >= 15 is 0 Å². The van der Waals surface area contributed by atoms with Gasteiger partial charge in [0.15, 0.2) is 0 Å². The molecule has 0 saturated carbocycles. The minimum atomic E-state index is -0.165. The predicted octanol–water partition coefficient (Wildman–Crippen LogP) is 3.74. The Labute approximate surface area is 186 Å². The lowest BCUT2D eigenvalue weighted by molar-refractivity contribution is -0.122. The zero-order valence-electron chi connectivity index (χ0n) is 18.4. The number of carbonyl (C=O) groups excluding carboxylic acids is 1. The molecular weight excluding hydrogens is 404 g/mol. The van der Waals surface area contributed by atoms with Crippen molar-refractivity contribution in [2.75, 3.05) is 0 Å². The van der Waals surface area contributed by atoms with Crippen molar-refractivity contribution in [2.24, 2.45) is 5.92 Å². The standard InChI is InChI=1S/C24H28N6O2/c1-16(2)22(23-25-19-12-7-8-13-20(19)26-23)27-21(31)14-4-3-9-15-30-24(32)17-10-5-6-11-18(17)28-29-30/h5-8,10-13,16,22H,3-4,9,14-15H2,1-2H3,(H,25,26)(H,27,31). The summed E-state index contributed by atoms with van der Waals surface area (Å²) in [4.78, 5) is 33.0. The Balaban J connectivity index is 1.27. The van der Waals surface area contributed by atoms with Crippen molar-refractivity contribution in [1.29, 1.82) is 0 Å². The molecule has 0 saturated heterocycles. The Morgan fingerprint density at radius 3 is 2.56 bits per heavy atom. The molecule has 0 aliphatic heterocycles. The summed E-state index contributed by atoms with van der Waals surface area (Å²) in [6, 6.07) is 14.9. The van der Waals surface area contributed by atoms with Crippen LogP contribution in [-0.2, 0) is 11.3 Å². The van der Waals surface area contributed by atoms with E-state index in [9.17, 15) is 9.59 Å². The van der Waals surface area contributed by atoms with Gasteiger partial charge in [0.05, 0.1) is 22.5 Å². The number of hydrogen-bond acceptors (Lipinski definition) is 5. The fourth-order valence-corrected chi connectivity index (χ4v) is 3.81. The Kier molecular flexibility index (Phi) is 6.58. The second-order valence-electron chi connectivity index (χ2n) is 8.37. The van der Waals surface area contributed by atoms with Gasteiger partial charge < -0.3 is 10.3 Å². The van der Waals surface area contributed by atoms with E-state index in [2.05, 4.69) is 39.4 Å². The number of unbranched alkanes of at least 4 members (excludes halogenated alkanes) is 2. The molecule has 32 heavy (non-hydrogen) atoms. The molecule has 4 rings (SSSR count). The molecule has 8 nitrogen and oxygen atoms in total. The fourth-order valence-electron chi connectivity index (χ4n) is 3.81. The minimum absolute atomic E-state index is 0.00631. The summed E-state index contributed by atoms with van der Waals surface area (Å²) in [5, 5.41) is 11.8. The summed E-state index contributed by atoms with van der Waals surface area (Å²) in [6.45, 7) is 4.63. The smallest absolute Gasteiger partial charge is 0.277 e. The summed E-state index contributed by atoms with van der Waals surface area (Å²) < 4.78 is 1.40. The van der Waals surface area contributed by atoms with Crippen molar-refractivity contribution in [3.8, 4) is 0 Å². The van der Waals surface area contributed by atoms with Crippen LogP contribution in [0.1, 0.15) is 51.4 Å². The molecule has 2 aromatic heterocycles. The maximum absolute atomic E-state index is 12.5. The summed E-state index contributed by atoms with van der Waals surface area (Å²) in [6.07, 6.45) is 2.76. The van der Waals surface area contributed by atoms with Crippen molar-refractivity contribution in [1.82, 2.24) is 30.3 Å². The number of carbonyl (C=O) groups is 1. The monoisotopic (exact) mass is 432 g/mol. The molecule has 2 aromatic carbocycles. The first-order valence-electron chi connectivity index (χ1n) is 11.1. The highest BCUT2D eigenvalue weighted by atomic mass is 16.1. The second kappa shape index (κ2) is 9.72. The van der Waals surface area contributed by atoms with Gasteiger partial charge in [0.1, 0.15) is 11.3 Å². The van der Waals surface area contributed by atoms with Crippen LogP contribution in [0.15, 0.2) is 53.3 Å². The molecule has 1 amide bonds. The van der Waals surface area contributed by atoms with Crippen molar-refractivity contribution in [3.05, 3.63) is 64.7 Å². The molecule has 4 aromatic rings. The average Bonchev–Trinajstić information content (AvgIpc) is 3.22. The van der Waals surface area contributed by atoms with Crippen LogP contribution in [0.5, 0.6) is 0 Å². The van der Waals surface area contributed by atoms with Crippen molar-refractivity contribution >= 4 is 27.8 Å². The van der Waals surface area contributed by atoms with Gasteiger partial charge in [-0.25, -0.2) is 9.67 Å². The molecular formula is C24H28N6O2. The first-order valence-corrected chi connectivity index (χ1v) is 11.1. The second-order valence-corrected chi connectivity index (χ2v) is 8.37. The highest BCUT2D eigenvalue weighted by Crippen LogP contribution is 2.22.